The number of rotatable bonds is 1. The Labute approximate surface area is 98.7 Å². The standard InChI is InChI=1S/C10H5F2N2.Ir/c11-7-1-2-8(9(12)5-7)10-6-13-3-4-14-10;/h1,3-6H;/q-1;. The second kappa shape index (κ2) is 5.05. The number of hydrogen-bond donors (Lipinski definition) is 0. The Morgan fingerprint density at radius 3 is 2.60 bits per heavy atom. The van der Waals surface area contributed by atoms with E-state index in [4.69, 9.17) is 0 Å². The second-order valence-electron chi connectivity index (χ2n) is 2.63. The second-order valence-corrected chi connectivity index (χ2v) is 2.63. The number of halogens is 2. The van der Waals surface area contributed by atoms with E-state index in [0.717, 1.165) is 12.1 Å². The van der Waals surface area contributed by atoms with Crippen molar-refractivity contribution in [3.05, 3.63) is 48.4 Å². The summed E-state index contributed by atoms with van der Waals surface area (Å²) < 4.78 is 25.8. The Bertz CT molecular complexity index is 448. The first-order valence-electron chi connectivity index (χ1n) is 3.90. The van der Waals surface area contributed by atoms with Crippen molar-refractivity contribution in [3.63, 3.8) is 0 Å². The van der Waals surface area contributed by atoms with Gasteiger partial charge in [0.1, 0.15) is 0 Å². The fourth-order valence-corrected chi connectivity index (χ4v) is 1.07. The van der Waals surface area contributed by atoms with Gasteiger partial charge in [0.25, 0.3) is 0 Å². The van der Waals surface area contributed by atoms with E-state index in [1.54, 1.807) is 0 Å². The molecule has 15 heavy (non-hydrogen) atoms. The van der Waals surface area contributed by atoms with Crippen molar-refractivity contribution in [2.75, 3.05) is 0 Å². The van der Waals surface area contributed by atoms with Gasteiger partial charge in [0.2, 0.25) is 0 Å². The fourth-order valence-electron chi connectivity index (χ4n) is 1.07. The van der Waals surface area contributed by atoms with Crippen molar-refractivity contribution in [2.24, 2.45) is 0 Å². The van der Waals surface area contributed by atoms with E-state index in [2.05, 4.69) is 16.0 Å². The van der Waals surface area contributed by atoms with Gasteiger partial charge in [-0.05, 0) is 0 Å². The molecular weight excluding hydrogens is 378 g/mol. The average Bonchev–Trinajstić information content (AvgIpc) is 2.19. The van der Waals surface area contributed by atoms with Gasteiger partial charge in [-0.1, -0.05) is 11.6 Å². The van der Waals surface area contributed by atoms with Crippen LogP contribution in [0.15, 0.2) is 30.7 Å². The van der Waals surface area contributed by atoms with Crippen LogP contribution in [0.4, 0.5) is 8.78 Å². The van der Waals surface area contributed by atoms with E-state index in [9.17, 15) is 8.78 Å². The van der Waals surface area contributed by atoms with Gasteiger partial charge in [-0.25, -0.2) is 0 Å². The molecule has 0 aliphatic carbocycles. The number of nitrogens with zero attached hydrogens (tertiary/aromatic N) is 2. The summed E-state index contributed by atoms with van der Waals surface area (Å²) in [6.45, 7) is 0. The smallest absolute Gasteiger partial charge is 0.0432 e. The molecule has 1 radical (unpaired) electrons. The van der Waals surface area contributed by atoms with Crippen LogP contribution < -0.4 is 0 Å². The van der Waals surface area contributed by atoms with E-state index >= 15 is 0 Å². The summed E-state index contributed by atoms with van der Waals surface area (Å²) in [5.74, 6) is -1.35. The Morgan fingerprint density at radius 2 is 2.00 bits per heavy atom. The van der Waals surface area contributed by atoms with Crippen LogP contribution in [-0.4, -0.2) is 9.97 Å². The van der Waals surface area contributed by atoms with Crippen molar-refractivity contribution in [3.8, 4) is 11.3 Å². The quantitative estimate of drug-likeness (QED) is 0.706. The van der Waals surface area contributed by atoms with E-state index in [0.29, 0.717) is 5.69 Å². The summed E-state index contributed by atoms with van der Waals surface area (Å²) in [6, 6.07) is 4.32. The normalized spacial score (nSPS) is 9.47. The maximum absolute atomic E-state index is 13.2. The van der Waals surface area contributed by atoms with Gasteiger partial charge in [0.15, 0.2) is 0 Å². The zero-order valence-electron chi connectivity index (χ0n) is 7.37. The third kappa shape index (κ3) is 2.64. The molecule has 0 saturated carbocycles. The van der Waals surface area contributed by atoms with Crippen molar-refractivity contribution in [2.45, 2.75) is 0 Å². The Hall–Kier alpha value is -1.19. The maximum Gasteiger partial charge on any atom is 0.0432 e. The van der Waals surface area contributed by atoms with Crippen LogP contribution in [0.3, 0.4) is 0 Å². The summed E-state index contributed by atoms with van der Waals surface area (Å²) in [7, 11) is 0. The topological polar surface area (TPSA) is 25.8 Å². The monoisotopic (exact) mass is 384 g/mol. The third-order valence-corrected chi connectivity index (χ3v) is 1.68. The largest absolute Gasteiger partial charge is 0.301 e. The molecule has 2 rings (SSSR count). The number of hydrogen-bond acceptors (Lipinski definition) is 2. The summed E-state index contributed by atoms with van der Waals surface area (Å²) in [4.78, 5) is 7.66. The molecule has 0 saturated heterocycles. The van der Waals surface area contributed by atoms with Crippen LogP contribution >= 0.6 is 0 Å². The SMILES string of the molecule is Fc1c[c-]c(-c2cnccn2)c(F)c1.[Ir]. The minimum absolute atomic E-state index is 0. The van der Waals surface area contributed by atoms with Gasteiger partial charge in [0, 0.05) is 56.0 Å². The molecule has 1 heterocycles. The third-order valence-electron chi connectivity index (χ3n) is 1.68. The minimum Gasteiger partial charge on any atom is -0.301 e. The van der Waals surface area contributed by atoms with Crippen LogP contribution in [0.5, 0.6) is 0 Å². The van der Waals surface area contributed by atoms with Gasteiger partial charge >= 0.3 is 0 Å². The summed E-state index contributed by atoms with van der Waals surface area (Å²) in [5, 5.41) is 0. The molecule has 0 bridgehead atoms. The predicted molar refractivity (Wildman–Crippen MR) is 46.2 cm³/mol. The zero-order chi connectivity index (χ0) is 9.97. The molecule has 0 spiro atoms. The van der Waals surface area contributed by atoms with E-state index in [1.807, 2.05) is 0 Å². The molecular formula is C10H5F2IrN2-. The van der Waals surface area contributed by atoms with Gasteiger partial charge in [-0.3, -0.25) is 13.8 Å². The van der Waals surface area contributed by atoms with Gasteiger partial charge < -0.3 is 4.98 Å². The zero-order valence-corrected chi connectivity index (χ0v) is 9.77. The number of aromatic nitrogens is 2. The molecule has 5 heteroatoms. The molecule has 0 atom stereocenters. The van der Waals surface area contributed by atoms with Gasteiger partial charge in [-0.2, -0.15) is 0 Å². The van der Waals surface area contributed by atoms with Crippen molar-refractivity contribution >= 4 is 0 Å². The molecule has 0 fully saturated rings. The van der Waals surface area contributed by atoms with Crippen LogP contribution in [-0.2, 0) is 20.1 Å². The molecule has 2 nitrogen and oxygen atoms in total. The Morgan fingerprint density at radius 1 is 1.20 bits per heavy atom. The first-order chi connectivity index (χ1) is 6.77. The molecule has 0 unspecified atom stereocenters. The maximum atomic E-state index is 13.2. The Kier molecular flexibility index (Phi) is 4.00. The summed E-state index contributed by atoms with van der Waals surface area (Å²) in [6.07, 6.45) is 4.31. The van der Waals surface area contributed by atoms with E-state index < -0.39 is 11.6 Å². The van der Waals surface area contributed by atoms with E-state index in [-0.39, 0.29) is 25.7 Å². The van der Waals surface area contributed by atoms with Gasteiger partial charge in [-0.15, -0.1) is 12.1 Å². The molecule has 1 aromatic heterocycles. The average molecular weight is 383 g/mol. The Balaban J connectivity index is 0.00000112. The molecule has 0 amide bonds. The fraction of sp³-hybridized carbons (Fsp3) is 0. The molecule has 1 aromatic carbocycles. The van der Waals surface area contributed by atoms with Gasteiger partial charge in [0.05, 0.1) is 0 Å². The summed E-state index contributed by atoms with van der Waals surface area (Å²) >= 11 is 0. The van der Waals surface area contributed by atoms with Crippen LogP contribution in [0, 0.1) is 17.7 Å². The van der Waals surface area contributed by atoms with Crippen LogP contribution in [0.2, 0.25) is 0 Å². The van der Waals surface area contributed by atoms with Crippen LogP contribution in [0.1, 0.15) is 0 Å². The van der Waals surface area contributed by atoms with Crippen molar-refractivity contribution < 1.29 is 28.9 Å². The number of benzene rings is 1. The first-order valence-corrected chi connectivity index (χ1v) is 3.90. The summed E-state index contributed by atoms with van der Waals surface area (Å²) in [5.41, 5.74) is 0.463. The molecule has 0 N–H and O–H groups in total. The van der Waals surface area contributed by atoms with E-state index in [1.165, 1.54) is 18.6 Å². The first kappa shape index (κ1) is 11.9. The molecule has 0 aliphatic heterocycles. The molecule has 0 aliphatic rings. The molecule has 2 aromatic rings. The molecule has 79 valence electrons. The minimum atomic E-state index is -0.689. The van der Waals surface area contributed by atoms with Crippen LogP contribution in [0.25, 0.3) is 11.3 Å². The van der Waals surface area contributed by atoms with Crippen molar-refractivity contribution in [1.29, 1.82) is 0 Å². The van der Waals surface area contributed by atoms with Crippen molar-refractivity contribution in [1.82, 2.24) is 9.97 Å². The predicted octanol–water partition coefficient (Wildman–Crippen LogP) is 2.22.